The molecular formula is C26H24O3. The second kappa shape index (κ2) is 10.2. The SMILES string of the molecule is C=CC(=O)OCOC(C)C(=C(c1ccccc1)c1ccccc1)c1ccccc1. The monoisotopic (exact) mass is 384 g/mol. The first-order valence-corrected chi connectivity index (χ1v) is 9.52. The summed E-state index contributed by atoms with van der Waals surface area (Å²) in [7, 11) is 0. The van der Waals surface area contributed by atoms with Gasteiger partial charge in [-0.25, -0.2) is 4.79 Å². The number of rotatable bonds is 8. The zero-order chi connectivity index (χ0) is 20.5. The van der Waals surface area contributed by atoms with Gasteiger partial charge in [-0.3, -0.25) is 0 Å². The largest absolute Gasteiger partial charge is 0.435 e. The van der Waals surface area contributed by atoms with Gasteiger partial charge >= 0.3 is 5.97 Å². The Bertz CT molecular complexity index is 919. The summed E-state index contributed by atoms with van der Waals surface area (Å²) in [6.07, 6.45) is 0.812. The molecule has 1 atom stereocenters. The maximum absolute atomic E-state index is 11.4. The minimum Gasteiger partial charge on any atom is -0.435 e. The van der Waals surface area contributed by atoms with Crippen LogP contribution in [0.15, 0.2) is 104 Å². The van der Waals surface area contributed by atoms with Crippen LogP contribution >= 0.6 is 0 Å². The van der Waals surface area contributed by atoms with Crippen LogP contribution in [0.5, 0.6) is 0 Å². The average Bonchev–Trinajstić information content (AvgIpc) is 2.78. The summed E-state index contributed by atoms with van der Waals surface area (Å²) in [5.74, 6) is -0.506. The fraction of sp³-hybridized carbons (Fsp3) is 0.115. The van der Waals surface area contributed by atoms with Crippen molar-refractivity contribution in [1.82, 2.24) is 0 Å². The first-order valence-electron chi connectivity index (χ1n) is 9.52. The first-order chi connectivity index (χ1) is 14.2. The number of hydrogen-bond acceptors (Lipinski definition) is 3. The molecule has 0 saturated heterocycles. The molecule has 3 rings (SSSR count). The molecular weight excluding hydrogens is 360 g/mol. The fourth-order valence-corrected chi connectivity index (χ4v) is 3.22. The summed E-state index contributed by atoms with van der Waals surface area (Å²) in [6, 6.07) is 30.6. The molecule has 0 fully saturated rings. The number of esters is 1. The Morgan fingerprint density at radius 1 is 0.828 bits per heavy atom. The van der Waals surface area contributed by atoms with Gasteiger partial charge in [-0.05, 0) is 34.8 Å². The van der Waals surface area contributed by atoms with E-state index in [4.69, 9.17) is 9.47 Å². The van der Waals surface area contributed by atoms with Gasteiger partial charge < -0.3 is 9.47 Å². The van der Waals surface area contributed by atoms with Crippen molar-refractivity contribution in [2.45, 2.75) is 13.0 Å². The van der Waals surface area contributed by atoms with E-state index in [1.165, 1.54) is 0 Å². The Hall–Kier alpha value is -3.43. The molecule has 0 aliphatic heterocycles. The van der Waals surface area contributed by atoms with Crippen LogP contribution in [-0.4, -0.2) is 18.9 Å². The van der Waals surface area contributed by atoms with Crippen LogP contribution in [0.3, 0.4) is 0 Å². The van der Waals surface area contributed by atoms with Crippen LogP contribution in [0.1, 0.15) is 23.6 Å². The second-order valence-electron chi connectivity index (χ2n) is 6.48. The van der Waals surface area contributed by atoms with E-state index in [-0.39, 0.29) is 12.9 Å². The number of hydrogen-bond donors (Lipinski definition) is 0. The van der Waals surface area contributed by atoms with E-state index >= 15 is 0 Å². The van der Waals surface area contributed by atoms with Gasteiger partial charge in [-0.2, -0.15) is 0 Å². The van der Waals surface area contributed by atoms with Crippen LogP contribution < -0.4 is 0 Å². The van der Waals surface area contributed by atoms with Crippen molar-refractivity contribution in [2.75, 3.05) is 6.79 Å². The highest BCUT2D eigenvalue weighted by molar-refractivity contribution is 5.99. The number of ether oxygens (including phenoxy) is 2. The van der Waals surface area contributed by atoms with Crippen molar-refractivity contribution in [3.63, 3.8) is 0 Å². The molecule has 0 aliphatic carbocycles. The summed E-state index contributed by atoms with van der Waals surface area (Å²) >= 11 is 0. The van der Waals surface area contributed by atoms with Crippen molar-refractivity contribution in [3.8, 4) is 0 Å². The summed E-state index contributed by atoms with van der Waals surface area (Å²) in [5.41, 5.74) is 5.35. The number of carbonyl (C=O) groups is 1. The van der Waals surface area contributed by atoms with Crippen LogP contribution in [0.2, 0.25) is 0 Å². The van der Waals surface area contributed by atoms with Gasteiger partial charge in [0.1, 0.15) is 0 Å². The smallest absolute Gasteiger partial charge is 0.332 e. The molecule has 0 amide bonds. The normalized spacial score (nSPS) is 11.3. The Kier molecular flexibility index (Phi) is 7.15. The van der Waals surface area contributed by atoms with Crippen molar-refractivity contribution >= 4 is 17.1 Å². The third-order valence-corrected chi connectivity index (χ3v) is 4.57. The third-order valence-electron chi connectivity index (χ3n) is 4.57. The van der Waals surface area contributed by atoms with Crippen molar-refractivity contribution in [1.29, 1.82) is 0 Å². The quantitative estimate of drug-likeness (QED) is 0.215. The minimum atomic E-state index is -0.506. The van der Waals surface area contributed by atoms with Gasteiger partial charge in [-0.15, -0.1) is 0 Å². The third kappa shape index (κ3) is 5.31. The molecule has 0 heterocycles. The highest BCUT2D eigenvalue weighted by Crippen LogP contribution is 2.35. The van der Waals surface area contributed by atoms with Crippen LogP contribution in [0.25, 0.3) is 11.1 Å². The molecule has 0 N–H and O–H groups in total. The molecule has 0 radical (unpaired) electrons. The maximum atomic E-state index is 11.4. The van der Waals surface area contributed by atoms with Crippen molar-refractivity contribution in [3.05, 3.63) is 120 Å². The Morgan fingerprint density at radius 3 is 1.72 bits per heavy atom. The molecule has 0 spiro atoms. The standard InChI is InChI=1S/C26H24O3/c1-3-24(27)29-19-28-20(2)25(21-13-7-4-8-14-21)26(22-15-9-5-10-16-22)23-17-11-6-12-18-23/h3-18,20H,1,19H2,2H3. The average molecular weight is 384 g/mol. The summed E-state index contributed by atoms with van der Waals surface area (Å²) in [4.78, 5) is 11.4. The molecule has 3 aromatic rings. The highest BCUT2D eigenvalue weighted by atomic mass is 16.7. The lowest BCUT2D eigenvalue weighted by molar-refractivity contribution is -0.151. The maximum Gasteiger partial charge on any atom is 0.332 e. The van der Waals surface area contributed by atoms with E-state index in [0.29, 0.717) is 0 Å². The minimum absolute atomic E-state index is 0.140. The molecule has 3 aromatic carbocycles. The van der Waals surface area contributed by atoms with Gasteiger partial charge in [0.25, 0.3) is 0 Å². The highest BCUT2D eigenvalue weighted by Gasteiger charge is 2.20. The van der Waals surface area contributed by atoms with Crippen LogP contribution in [0, 0.1) is 0 Å². The first kappa shape index (κ1) is 20.3. The van der Waals surface area contributed by atoms with E-state index < -0.39 is 5.97 Å². The molecule has 3 nitrogen and oxygen atoms in total. The number of carbonyl (C=O) groups excluding carboxylic acids is 1. The molecule has 29 heavy (non-hydrogen) atoms. The Labute approximate surface area is 171 Å². The van der Waals surface area contributed by atoms with Gasteiger partial charge in [0.05, 0.1) is 6.10 Å². The molecule has 0 aromatic heterocycles. The molecule has 0 bridgehead atoms. The second-order valence-corrected chi connectivity index (χ2v) is 6.48. The number of benzene rings is 3. The lowest BCUT2D eigenvalue weighted by Gasteiger charge is -2.23. The molecule has 3 heteroatoms. The predicted octanol–water partition coefficient (Wildman–Crippen LogP) is 5.74. The lowest BCUT2D eigenvalue weighted by atomic mass is 9.87. The van der Waals surface area contributed by atoms with Gasteiger partial charge in [0.2, 0.25) is 0 Å². The summed E-state index contributed by atoms with van der Waals surface area (Å²) < 4.78 is 10.9. The van der Waals surface area contributed by atoms with E-state index in [2.05, 4.69) is 43.0 Å². The molecule has 146 valence electrons. The Balaban J connectivity index is 2.12. The fourth-order valence-electron chi connectivity index (χ4n) is 3.22. The van der Waals surface area contributed by atoms with Crippen LogP contribution in [-0.2, 0) is 14.3 Å². The predicted molar refractivity (Wildman–Crippen MR) is 117 cm³/mol. The molecule has 0 aliphatic rings. The van der Waals surface area contributed by atoms with E-state index in [1.807, 2.05) is 61.5 Å². The van der Waals surface area contributed by atoms with Gasteiger partial charge in [0, 0.05) is 6.08 Å². The summed E-state index contributed by atoms with van der Waals surface area (Å²) in [6.45, 7) is 5.24. The molecule has 0 saturated carbocycles. The van der Waals surface area contributed by atoms with Crippen molar-refractivity contribution < 1.29 is 14.3 Å². The zero-order valence-electron chi connectivity index (χ0n) is 16.5. The van der Waals surface area contributed by atoms with Crippen molar-refractivity contribution in [2.24, 2.45) is 0 Å². The van der Waals surface area contributed by atoms with E-state index in [9.17, 15) is 4.79 Å². The van der Waals surface area contributed by atoms with E-state index in [0.717, 1.165) is 33.9 Å². The topological polar surface area (TPSA) is 35.5 Å². The van der Waals surface area contributed by atoms with Gasteiger partial charge in [-0.1, -0.05) is 97.6 Å². The van der Waals surface area contributed by atoms with Gasteiger partial charge in [0.15, 0.2) is 6.79 Å². The van der Waals surface area contributed by atoms with E-state index in [1.54, 1.807) is 0 Å². The molecule has 1 unspecified atom stereocenters. The van der Waals surface area contributed by atoms with Crippen LogP contribution in [0.4, 0.5) is 0 Å². The zero-order valence-corrected chi connectivity index (χ0v) is 16.5. The lowest BCUT2D eigenvalue weighted by Crippen LogP contribution is -2.17. The summed E-state index contributed by atoms with van der Waals surface area (Å²) in [5, 5.41) is 0. The Morgan fingerprint density at radius 2 is 1.28 bits per heavy atom.